The number of hydrogen-bond donors (Lipinski definition) is 7. The van der Waals surface area contributed by atoms with Crippen molar-refractivity contribution in [3.8, 4) is 0 Å². The van der Waals surface area contributed by atoms with Gasteiger partial charge >= 0.3 is 0 Å². The van der Waals surface area contributed by atoms with Crippen molar-refractivity contribution in [1.29, 1.82) is 0 Å². The number of para-hydroxylation sites is 1. The van der Waals surface area contributed by atoms with E-state index in [1.54, 1.807) is 13.8 Å². The molecule has 10 nitrogen and oxygen atoms in total. The Balaban J connectivity index is 2.09. The number of aromatic amines is 1. The summed E-state index contributed by atoms with van der Waals surface area (Å²) in [5.74, 6) is -1.57. The number of fused-ring (bicyclic) bond motifs is 1. The topological polar surface area (TPSA) is 172 Å². The van der Waals surface area contributed by atoms with Crippen LogP contribution in [0.5, 0.6) is 0 Å². The van der Waals surface area contributed by atoms with Crippen LogP contribution in [0.15, 0.2) is 30.5 Å². The third-order valence-corrected chi connectivity index (χ3v) is 6.36. The minimum absolute atomic E-state index is 0.139. The zero-order valence-electron chi connectivity index (χ0n) is 20.8. The van der Waals surface area contributed by atoms with E-state index in [0.717, 1.165) is 16.5 Å². The third-order valence-electron chi connectivity index (χ3n) is 5.97. The second kappa shape index (κ2) is 14.6. The van der Waals surface area contributed by atoms with Crippen molar-refractivity contribution in [1.82, 2.24) is 20.9 Å². The predicted molar refractivity (Wildman–Crippen MR) is 143 cm³/mol. The fraction of sp³-hybridized carbons (Fsp3) is 0.520. The quantitative estimate of drug-likeness (QED) is 0.102. The van der Waals surface area contributed by atoms with Gasteiger partial charge in [0.2, 0.25) is 17.7 Å². The van der Waals surface area contributed by atoms with Crippen LogP contribution >= 0.6 is 12.6 Å². The van der Waals surface area contributed by atoms with Gasteiger partial charge in [0.1, 0.15) is 18.4 Å². The number of amides is 3. The molecule has 0 fully saturated rings. The number of unbranched alkanes of at least 4 members (excludes halogenated alkanes) is 1. The van der Waals surface area contributed by atoms with Crippen LogP contribution in [0, 0.1) is 5.92 Å². The third kappa shape index (κ3) is 8.35. The molecule has 1 aromatic heterocycles. The summed E-state index contributed by atoms with van der Waals surface area (Å²) < 4.78 is 0. The van der Waals surface area contributed by atoms with Gasteiger partial charge in [0.05, 0.1) is 12.1 Å². The van der Waals surface area contributed by atoms with E-state index in [1.807, 2.05) is 30.5 Å². The molecular formula is C25H38N6O4S. The Hall–Kier alpha value is -2.89. The van der Waals surface area contributed by atoms with Gasteiger partial charge in [-0.15, -0.1) is 0 Å². The summed E-state index contributed by atoms with van der Waals surface area (Å²) in [6.07, 6.45) is 4.34. The van der Waals surface area contributed by atoms with Crippen LogP contribution in [0.2, 0.25) is 0 Å². The molecule has 0 bridgehead atoms. The summed E-state index contributed by atoms with van der Waals surface area (Å²) in [5.41, 5.74) is 13.7. The molecule has 0 aliphatic rings. The molecule has 8 N–H and O–H groups in total. The molecule has 0 aliphatic carbocycles. The van der Waals surface area contributed by atoms with Crippen LogP contribution in [0.4, 0.5) is 0 Å². The van der Waals surface area contributed by atoms with Crippen LogP contribution in [-0.4, -0.2) is 65.5 Å². The second-order valence-electron chi connectivity index (χ2n) is 9.18. The van der Waals surface area contributed by atoms with E-state index in [0.29, 0.717) is 38.5 Å². The molecule has 0 aliphatic heterocycles. The molecule has 2 aromatic rings. The van der Waals surface area contributed by atoms with Gasteiger partial charge < -0.3 is 37.2 Å². The van der Waals surface area contributed by atoms with Gasteiger partial charge in [0.25, 0.3) is 0 Å². The summed E-state index contributed by atoms with van der Waals surface area (Å²) >= 11 is 4.04. The number of benzene rings is 1. The Bertz CT molecular complexity index is 1030. The highest BCUT2D eigenvalue weighted by Gasteiger charge is 2.30. The molecule has 11 heteroatoms. The molecular weight excluding hydrogens is 480 g/mol. The normalized spacial score (nSPS) is 14.6. The highest BCUT2D eigenvalue weighted by Crippen LogP contribution is 2.19. The largest absolute Gasteiger partial charge is 0.361 e. The lowest BCUT2D eigenvalue weighted by molar-refractivity contribution is -0.133. The number of carbonyl (C=O) groups excluding carboxylic acids is 4. The van der Waals surface area contributed by atoms with Crippen molar-refractivity contribution < 1.29 is 19.2 Å². The Kier molecular flexibility index (Phi) is 11.9. The SMILES string of the molecule is CC(C)[C@H](NC(=O)[C@H](CCCCN)NC(=O)[C@@H](N)Cc1c[nH]c2ccccc12)C(=O)N[C@H](C=O)CS. The molecule has 0 unspecified atom stereocenters. The van der Waals surface area contributed by atoms with E-state index in [9.17, 15) is 19.2 Å². The van der Waals surface area contributed by atoms with Crippen molar-refractivity contribution in [3.05, 3.63) is 36.0 Å². The number of aromatic nitrogens is 1. The first kappa shape index (κ1) is 29.3. The first-order valence-corrected chi connectivity index (χ1v) is 12.8. The smallest absolute Gasteiger partial charge is 0.243 e. The van der Waals surface area contributed by atoms with Gasteiger partial charge in [-0.3, -0.25) is 14.4 Å². The van der Waals surface area contributed by atoms with E-state index in [1.165, 1.54) is 0 Å². The summed E-state index contributed by atoms with van der Waals surface area (Å²) in [7, 11) is 0. The molecule has 0 radical (unpaired) electrons. The van der Waals surface area contributed by atoms with Gasteiger partial charge in [0, 0.05) is 22.9 Å². The zero-order valence-corrected chi connectivity index (χ0v) is 21.7. The molecule has 1 heterocycles. The number of carbonyl (C=O) groups is 4. The maximum atomic E-state index is 13.2. The second-order valence-corrected chi connectivity index (χ2v) is 9.54. The van der Waals surface area contributed by atoms with Crippen LogP contribution < -0.4 is 27.4 Å². The monoisotopic (exact) mass is 518 g/mol. The Morgan fingerprint density at radius 1 is 1.06 bits per heavy atom. The fourth-order valence-corrected chi connectivity index (χ4v) is 4.03. The average Bonchev–Trinajstić information content (AvgIpc) is 3.27. The molecule has 4 atom stereocenters. The van der Waals surface area contributed by atoms with Crippen molar-refractivity contribution >= 4 is 47.5 Å². The number of aldehydes is 1. The molecule has 1 aromatic carbocycles. The summed E-state index contributed by atoms with van der Waals surface area (Å²) in [6.45, 7) is 4.01. The summed E-state index contributed by atoms with van der Waals surface area (Å²) in [4.78, 5) is 53.1. The molecule has 0 spiro atoms. The van der Waals surface area contributed by atoms with E-state index in [4.69, 9.17) is 11.5 Å². The van der Waals surface area contributed by atoms with Crippen molar-refractivity contribution in [2.75, 3.05) is 12.3 Å². The number of nitrogens with one attached hydrogen (secondary N) is 4. The zero-order chi connectivity index (χ0) is 26.7. The maximum Gasteiger partial charge on any atom is 0.243 e. The number of nitrogens with two attached hydrogens (primary N) is 2. The molecule has 0 saturated carbocycles. The summed E-state index contributed by atoms with van der Waals surface area (Å²) in [5, 5.41) is 9.03. The number of H-pyrrole nitrogens is 1. The number of hydrogen-bond acceptors (Lipinski definition) is 7. The van der Waals surface area contributed by atoms with Gasteiger partial charge in [-0.2, -0.15) is 12.6 Å². The standard InChI is InChI=1S/C25H38N6O4S/c1-15(2)22(25(35)29-17(13-32)14-36)31-24(34)21(9-5-6-10-26)30-23(33)19(27)11-16-12-28-20-8-4-3-7-18(16)20/h3-4,7-8,12-13,15,17,19,21-22,28,36H,5-6,9-11,14,26-27H2,1-2H3,(H,29,35)(H,30,33)(H,31,34)/t17-,19+,21+,22+/m1/s1. The number of rotatable bonds is 15. The van der Waals surface area contributed by atoms with Gasteiger partial charge in [-0.05, 0) is 49.8 Å². The summed E-state index contributed by atoms with van der Waals surface area (Å²) in [6, 6.07) is 4.31. The fourth-order valence-electron chi connectivity index (χ4n) is 3.85. The predicted octanol–water partition coefficient (Wildman–Crippen LogP) is 0.406. The van der Waals surface area contributed by atoms with Gasteiger partial charge in [-0.25, -0.2) is 0 Å². The highest BCUT2D eigenvalue weighted by molar-refractivity contribution is 7.80. The lowest BCUT2D eigenvalue weighted by atomic mass is 10.0. The van der Waals surface area contributed by atoms with Crippen LogP contribution in [-0.2, 0) is 25.6 Å². The van der Waals surface area contributed by atoms with Gasteiger partial charge in [-0.1, -0.05) is 32.0 Å². The molecule has 2 rings (SSSR count). The van der Waals surface area contributed by atoms with E-state index in [2.05, 4.69) is 33.6 Å². The van der Waals surface area contributed by atoms with Crippen molar-refractivity contribution in [3.63, 3.8) is 0 Å². The van der Waals surface area contributed by atoms with Crippen molar-refractivity contribution in [2.24, 2.45) is 17.4 Å². The highest BCUT2D eigenvalue weighted by atomic mass is 32.1. The Morgan fingerprint density at radius 3 is 2.42 bits per heavy atom. The first-order valence-electron chi connectivity index (χ1n) is 12.2. The molecule has 0 saturated heterocycles. The lowest BCUT2D eigenvalue weighted by Gasteiger charge is -2.26. The van der Waals surface area contributed by atoms with E-state index < -0.39 is 41.9 Å². The molecule has 198 valence electrons. The van der Waals surface area contributed by atoms with Crippen LogP contribution in [0.1, 0.15) is 38.7 Å². The van der Waals surface area contributed by atoms with Crippen LogP contribution in [0.25, 0.3) is 10.9 Å². The number of thiol groups is 1. The Morgan fingerprint density at radius 2 is 1.78 bits per heavy atom. The maximum absolute atomic E-state index is 13.2. The van der Waals surface area contributed by atoms with E-state index in [-0.39, 0.29) is 11.7 Å². The average molecular weight is 519 g/mol. The van der Waals surface area contributed by atoms with Crippen molar-refractivity contribution in [2.45, 2.75) is 63.7 Å². The first-order chi connectivity index (χ1) is 17.2. The minimum Gasteiger partial charge on any atom is -0.361 e. The molecule has 3 amide bonds. The van der Waals surface area contributed by atoms with Crippen LogP contribution in [0.3, 0.4) is 0 Å². The minimum atomic E-state index is -0.895. The van der Waals surface area contributed by atoms with E-state index >= 15 is 0 Å². The Labute approximate surface area is 217 Å². The van der Waals surface area contributed by atoms with Gasteiger partial charge in [0.15, 0.2) is 0 Å². The lowest BCUT2D eigenvalue weighted by Crippen LogP contribution is -2.58. The molecule has 36 heavy (non-hydrogen) atoms.